The standard InChI is InChI=1S/C14H17ClN2O/c15-11-2-1-3-12(7-11)17-14(13(16)18)8-9-4-5-10(14)6-9/h1-3,7,9-10,17H,4-6,8H2,(H2,16,18). The lowest BCUT2D eigenvalue weighted by atomic mass is 9.80. The molecule has 2 bridgehead atoms. The number of nitrogens with one attached hydrogen (secondary N) is 1. The second-order valence-electron chi connectivity index (χ2n) is 5.55. The summed E-state index contributed by atoms with van der Waals surface area (Å²) < 4.78 is 0. The molecular formula is C14H17ClN2O. The van der Waals surface area contributed by atoms with E-state index in [9.17, 15) is 4.79 Å². The lowest BCUT2D eigenvalue weighted by Gasteiger charge is -2.36. The molecule has 0 spiro atoms. The highest BCUT2D eigenvalue weighted by Gasteiger charge is 2.54. The van der Waals surface area contributed by atoms with Gasteiger partial charge in [0.2, 0.25) is 5.91 Å². The summed E-state index contributed by atoms with van der Waals surface area (Å²) in [4.78, 5) is 11.9. The molecule has 96 valence electrons. The molecule has 2 saturated carbocycles. The van der Waals surface area contributed by atoms with Crippen LogP contribution in [0.15, 0.2) is 24.3 Å². The number of amides is 1. The van der Waals surface area contributed by atoms with Gasteiger partial charge in [-0.05, 0) is 55.7 Å². The van der Waals surface area contributed by atoms with Gasteiger partial charge in [0, 0.05) is 10.7 Å². The van der Waals surface area contributed by atoms with Crippen molar-refractivity contribution in [1.82, 2.24) is 0 Å². The number of anilines is 1. The Labute approximate surface area is 112 Å². The Morgan fingerprint density at radius 2 is 2.28 bits per heavy atom. The molecule has 1 amide bonds. The monoisotopic (exact) mass is 264 g/mol. The lowest BCUT2D eigenvalue weighted by molar-refractivity contribution is -0.123. The van der Waals surface area contributed by atoms with Gasteiger partial charge in [-0.15, -0.1) is 0 Å². The second kappa shape index (κ2) is 4.16. The summed E-state index contributed by atoms with van der Waals surface area (Å²) in [5.74, 6) is 0.794. The highest BCUT2D eigenvalue weighted by Crippen LogP contribution is 2.52. The highest BCUT2D eigenvalue weighted by molar-refractivity contribution is 6.30. The van der Waals surface area contributed by atoms with Crippen molar-refractivity contribution in [1.29, 1.82) is 0 Å². The molecule has 0 radical (unpaired) electrons. The smallest absolute Gasteiger partial charge is 0.243 e. The van der Waals surface area contributed by atoms with E-state index in [0.29, 0.717) is 16.9 Å². The van der Waals surface area contributed by atoms with E-state index in [1.807, 2.05) is 24.3 Å². The van der Waals surface area contributed by atoms with E-state index >= 15 is 0 Å². The fraction of sp³-hybridized carbons (Fsp3) is 0.500. The summed E-state index contributed by atoms with van der Waals surface area (Å²) in [7, 11) is 0. The number of carbonyl (C=O) groups excluding carboxylic acids is 1. The first kappa shape index (κ1) is 11.8. The predicted octanol–water partition coefficient (Wildman–Crippen LogP) is 2.80. The first-order valence-electron chi connectivity index (χ1n) is 6.44. The van der Waals surface area contributed by atoms with Crippen LogP contribution >= 0.6 is 11.6 Å². The summed E-state index contributed by atoms with van der Waals surface area (Å²) in [6, 6.07) is 7.48. The number of carbonyl (C=O) groups is 1. The van der Waals surface area contributed by atoms with Crippen LogP contribution in [0.25, 0.3) is 0 Å². The van der Waals surface area contributed by atoms with E-state index in [0.717, 1.165) is 24.9 Å². The quantitative estimate of drug-likeness (QED) is 0.882. The van der Waals surface area contributed by atoms with Gasteiger partial charge in [0.05, 0.1) is 0 Å². The van der Waals surface area contributed by atoms with Gasteiger partial charge < -0.3 is 11.1 Å². The molecule has 3 unspecified atom stereocenters. The van der Waals surface area contributed by atoms with Crippen molar-refractivity contribution in [2.75, 3.05) is 5.32 Å². The predicted molar refractivity (Wildman–Crippen MR) is 72.4 cm³/mol. The van der Waals surface area contributed by atoms with Crippen molar-refractivity contribution < 1.29 is 4.79 Å². The van der Waals surface area contributed by atoms with Crippen LogP contribution in [-0.2, 0) is 4.79 Å². The summed E-state index contributed by atoms with van der Waals surface area (Å²) in [5.41, 5.74) is 5.99. The molecule has 4 heteroatoms. The summed E-state index contributed by atoms with van der Waals surface area (Å²) in [6.45, 7) is 0. The van der Waals surface area contributed by atoms with E-state index in [4.69, 9.17) is 17.3 Å². The average molecular weight is 265 g/mol. The Balaban J connectivity index is 1.90. The third kappa shape index (κ3) is 1.77. The van der Waals surface area contributed by atoms with Crippen molar-refractivity contribution in [3.63, 3.8) is 0 Å². The van der Waals surface area contributed by atoms with Crippen molar-refractivity contribution in [3.8, 4) is 0 Å². The molecule has 2 aliphatic rings. The molecule has 0 aromatic heterocycles. The summed E-state index contributed by atoms with van der Waals surface area (Å²) in [6.07, 6.45) is 4.31. The van der Waals surface area contributed by atoms with Crippen molar-refractivity contribution >= 4 is 23.2 Å². The molecule has 0 aliphatic heterocycles. The average Bonchev–Trinajstić information content (AvgIpc) is 2.89. The summed E-state index contributed by atoms with van der Waals surface area (Å²) in [5, 5.41) is 4.04. The molecule has 1 aromatic carbocycles. The maximum atomic E-state index is 11.9. The van der Waals surface area contributed by atoms with Gasteiger partial charge in [-0.25, -0.2) is 0 Å². The van der Waals surface area contributed by atoms with Crippen LogP contribution in [0.2, 0.25) is 5.02 Å². The van der Waals surface area contributed by atoms with E-state index < -0.39 is 5.54 Å². The zero-order valence-electron chi connectivity index (χ0n) is 10.2. The van der Waals surface area contributed by atoms with E-state index in [2.05, 4.69) is 5.32 Å². The largest absolute Gasteiger partial charge is 0.371 e. The Morgan fingerprint density at radius 3 is 2.83 bits per heavy atom. The SMILES string of the molecule is NC(=O)C1(Nc2cccc(Cl)c2)CC2CCC1C2. The minimum absolute atomic E-state index is 0.227. The molecule has 3 rings (SSSR count). The minimum Gasteiger partial charge on any atom is -0.371 e. The first-order chi connectivity index (χ1) is 8.60. The molecule has 0 saturated heterocycles. The molecule has 18 heavy (non-hydrogen) atoms. The molecule has 0 heterocycles. The van der Waals surface area contributed by atoms with Gasteiger partial charge in [0.15, 0.2) is 0 Å². The Kier molecular flexibility index (Phi) is 2.74. The van der Waals surface area contributed by atoms with Gasteiger partial charge >= 0.3 is 0 Å². The zero-order valence-corrected chi connectivity index (χ0v) is 10.9. The number of benzene rings is 1. The fourth-order valence-electron chi connectivity index (χ4n) is 3.67. The number of primary amides is 1. The molecule has 3 N–H and O–H groups in total. The topological polar surface area (TPSA) is 55.1 Å². The minimum atomic E-state index is -0.562. The highest BCUT2D eigenvalue weighted by atomic mass is 35.5. The van der Waals surface area contributed by atoms with Crippen molar-refractivity contribution in [2.45, 2.75) is 31.2 Å². The van der Waals surface area contributed by atoms with Gasteiger partial charge in [-0.2, -0.15) is 0 Å². The van der Waals surface area contributed by atoms with Crippen LogP contribution in [0.5, 0.6) is 0 Å². The summed E-state index contributed by atoms with van der Waals surface area (Å²) >= 11 is 5.98. The van der Waals surface area contributed by atoms with E-state index in [1.54, 1.807) is 0 Å². The number of hydrogen-bond acceptors (Lipinski definition) is 2. The molecule has 3 atom stereocenters. The van der Waals surface area contributed by atoms with Crippen molar-refractivity contribution in [2.24, 2.45) is 17.6 Å². The van der Waals surface area contributed by atoms with Gasteiger partial charge in [-0.3, -0.25) is 4.79 Å². The number of fused-ring (bicyclic) bond motifs is 2. The third-order valence-corrected chi connectivity index (χ3v) is 4.72. The third-order valence-electron chi connectivity index (χ3n) is 4.48. The molecule has 1 aromatic rings. The second-order valence-corrected chi connectivity index (χ2v) is 5.99. The Hall–Kier alpha value is -1.22. The van der Waals surface area contributed by atoms with E-state index in [-0.39, 0.29) is 5.91 Å². The fourth-order valence-corrected chi connectivity index (χ4v) is 3.86. The number of rotatable bonds is 3. The Morgan fingerprint density at radius 1 is 1.44 bits per heavy atom. The molecule has 3 nitrogen and oxygen atoms in total. The van der Waals surface area contributed by atoms with Crippen LogP contribution in [-0.4, -0.2) is 11.4 Å². The zero-order chi connectivity index (χ0) is 12.8. The van der Waals surface area contributed by atoms with Crippen LogP contribution < -0.4 is 11.1 Å². The molecular weight excluding hydrogens is 248 g/mol. The first-order valence-corrected chi connectivity index (χ1v) is 6.81. The normalized spacial score (nSPS) is 33.6. The number of hydrogen-bond donors (Lipinski definition) is 2. The maximum Gasteiger partial charge on any atom is 0.243 e. The van der Waals surface area contributed by atoms with Crippen molar-refractivity contribution in [3.05, 3.63) is 29.3 Å². The van der Waals surface area contributed by atoms with Crippen LogP contribution in [0.3, 0.4) is 0 Å². The number of nitrogens with two attached hydrogens (primary N) is 1. The van der Waals surface area contributed by atoms with Gasteiger partial charge in [0.25, 0.3) is 0 Å². The maximum absolute atomic E-state index is 11.9. The lowest BCUT2D eigenvalue weighted by Crippen LogP contribution is -2.54. The van der Waals surface area contributed by atoms with Crippen LogP contribution in [0.1, 0.15) is 25.7 Å². The van der Waals surface area contributed by atoms with Gasteiger partial charge in [0.1, 0.15) is 5.54 Å². The van der Waals surface area contributed by atoms with Crippen LogP contribution in [0.4, 0.5) is 5.69 Å². The number of halogens is 1. The van der Waals surface area contributed by atoms with E-state index in [1.165, 1.54) is 6.42 Å². The van der Waals surface area contributed by atoms with Gasteiger partial charge in [-0.1, -0.05) is 17.7 Å². The molecule has 2 aliphatic carbocycles. The van der Waals surface area contributed by atoms with Crippen LogP contribution in [0, 0.1) is 11.8 Å². The Bertz CT molecular complexity index is 490. The molecule has 2 fully saturated rings.